The van der Waals surface area contributed by atoms with Crippen molar-refractivity contribution in [2.24, 2.45) is 10.2 Å². The van der Waals surface area contributed by atoms with Crippen LogP contribution in [0.15, 0.2) is 77.4 Å². The number of hydrogen-bond donors (Lipinski definition) is 2. The van der Waals surface area contributed by atoms with Crippen molar-refractivity contribution in [3.8, 4) is 11.4 Å². The van der Waals surface area contributed by atoms with Crippen LogP contribution in [-0.4, -0.2) is 22.0 Å². The van der Waals surface area contributed by atoms with Crippen LogP contribution >= 0.6 is 0 Å². The van der Waals surface area contributed by atoms with Crippen LogP contribution in [0.25, 0.3) is 11.4 Å². The van der Waals surface area contributed by atoms with Crippen LogP contribution in [0.5, 0.6) is 0 Å². The number of hydrogen-bond acceptors (Lipinski definition) is 6. The van der Waals surface area contributed by atoms with E-state index in [0.29, 0.717) is 22.8 Å². The Morgan fingerprint density at radius 3 is 1.38 bits per heavy atom. The Morgan fingerprint density at radius 2 is 1.03 bits per heavy atom. The normalized spacial score (nSPS) is 12.4. The van der Waals surface area contributed by atoms with E-state index in [2.05, 4.69) is 20.7 Å². The number of benzene rings is 2. The molecule has 32 heavy (non-hydrogen) atoms. The second-order valence-electron chi connectivity index (χ2n) is 7.37. The Hall–Kier alpha value is -4.34. The van der Waals surface area contributed by atoms with E-state index >= 15 is 0 Å². The van der Waals surface area contributed by atoms with Crippen molar-refractivity contribution in [1.82, 2.24) is 10.5 Å². The standard InChI is InChI=1S/C22H21N6O4/c1-13-5-9-17(10-6-13)27-19(21(29)31-25-27)15(3)23-24-16(4)20-22(30)32-26-28(20)18-11-7-14(2)8-12-18/h5-12,25H,1-4H3/q+1/p+1. The lowest BCUT2D eigenvalue weighted by Gasteiger charge is -1.96. The summed E-state index contributed by atoms with van der Waals surface area (Å²) in [5, 5.41) is 13.5. The van der Waals surface area contributed by atoms with E-state index in [9.17, 15) is 9.59 Å². The van der Waals surface area contributed by atoms with Gasteiger partial charge in [-0.2, -0.15) is 0 Å². The summed E-state index contributed by atoms with van der Waals surface area (Å²) in [6, 6.07) is 15.1. The van der Waals surface area contributed by atoms with E-state index in [0.717, 1.165) is 11.1 Å². The maximum atomic E-state index is 12.3. The van der Waals surface area contributed by atoms with E-state index in [1.54, 1.807) is 13.8 Å². The van der Waals surface area contributed by atoms with Crippen LogP contribution in [0.4, 0.5) is 0 Å². The third-order valence-electron chi connectivity index (χ3n) is 4.91. The lowest BCUT2D eigenvalue weighted by atomic mass is 10.2. The highest BCUT2D eigenvalue weighted by atomic mass is 16.5. The molecule has 0 aliphatic rings. The highest BCUT2D eigenvalue weighted by Gasteiger charge is 2.28. The van der Waals surface area contributed by atoms with Crippen LogP contribution in [0.3, 0.4) is 0 Å². The highest BCUT2D eigenvalue weighted by Crippen LogP contribution is 2.05. The fourth-order valence-corrected chi connectivity index (χ4v) is 3.16. The van der Waals surface area contributed by atoms with E-state index in [1.807, 2.05) is 62.4 Å². The zero-order valence-corrected chi connectivity index (χ0v) is 18.0. The minimum Gasteiger partial charge on any atom is -0.282 e. The molecule has 0 fully saturated rings. The first-order valence-electron chi connectivity index (χ1n) is 9.86. The summed E-state index contributed by atoms with van der Waals surface area (Å²) in [5.41, 5.74) is 3.40. The van der Waals surface area contributed by atoms with Crippen molar-refractivity contribution in [1.29, 1.82) is 0 Å². The van der Waals surface area contributed by atoms with Crippen molar-refractivity contribution in [2.45, 2.75) is 27.7 Å². The average molecular weight is 434 g/mol. The van der Waals surface area contributed by atoms with Gasteiger partial charge in [0.15, 0.2) is 0 Å². The molecular formula is C22H22N6O4+2. The van der Waals surface area contributed by atoms with Gasteiger partial charge in [0, 0.05) is 24.3 Å². The number of H-pyrrole nitrogens is 2. The molecule has 4 aromatic rings. The molecule has 162 valence electrons. The fraction of sp³-hybridized carbons (Fsp3) is 0.182. The minimum absolute atomic E-state index is 0.193. The molecule has 2 heterocycles. The van der Waals surface area contributed by atoms with E-state index < -0.39 is 11.3 Å². The summed E-state index contributed by atoms with van der Waals surface area (Å²) >= 11 is 0. The van der Waals surface area contributed by atoms with Crippen molar-refractivity contribution < 1.29 is 18.4 Å². The van der Waals surface area contributed by atoms with E-state index in [1.165, 1.54) is 9.36 Å². The number of aryl methyl sites for hydroxylation is 2. The molecule has 2 aromatic heterocycles. The number of nitrogens with zero attached hydrogens (tertiary/aromatic N) is 4. The first kappa shape index (κ1) is 20.9. The summed E-state index contributed by atoms with van der Waals surface area (Å²) in [4.78, 5) is 24.6. The Labute approximate surface area is 182 Å². The van der Waals surface area contributed by atoms with Crippen LogP contribution in [0.1, 0.15) is 36.4 Å². The molecule has 10 nitrogen and oxygen atoms in total. The molecule has 0 spiro atoms. The van der Waals surface area contributed by atoms with Gasteiger partial charge in [-0.25, -0.2) is 9.59 Å². The molecule has 2 aromatic carbocycles. The molecule has 10 heteroatoms. The molecule has 0 aliphatic carbocycles. The second-order valence-corrected chi connectivity index (χ2v) is 7.37. The third kappa shape index (κ3) is 3.97. The van der Waals surface area contributed by atoms with Crippen molar-refractivity contribution >= 4 is 11.4 Å². The number of aromatic nitrogens is 4. The molecule has 4 rings (SSSR count). The Kier molecular flexibility index (Phi) is 5.50. The van der Waals surface area contributed by atoms with Gasteiger partial charge < -0.3 is 0 Å². The molecule has 0 unspecified atom stereocenters. The van der Waals surface area contributed by atoms with Crippen LogP contribution in [0.2, 0.25) is 0 Å². The van der Waals surface area contributed by atoms with Crippen LogP contribution < -0.4 is 20.6 Å². The number of aromatic amines is 2. The lowest BCUT2D eigenvalue weighted by Crippen LogP contribution is -2.41. The molecule has 0 radical (unpaired) electrons. The highest BCUT2D eigenvalue weighted by molar-refractivity contribution is 5.98. The molecule has 0 aliphatic heterocycles. The molecule has 0 saturated heterocycles. The predicted octanol–water partition coefficient (Wildman–Crippen LogP) is 1.65. The summed E-state index contributed by atoms with van der Waals surface area (Å²) in [5.74, 6) is 0. The van der Waals surface area contributed by atoms with Gasteiger partial charge in [0.05, 0.1) is 0 Å². The quantitative estimate of drug-likeness (QED) is 0.281. The number of nitrogens with one attached hydrogen (secondary N) is 2. The van der Waals surface area contributed by atoms with E-state index in [-0.39, 0.29) is 11.4 Å². The zero-order chi connectivity index (χ0) is 22.8. The summed E-state index contributed by atoms with van der Waals surface area (Å²) in [7, 11) is 0. The summed E-state index contributed by atoms with van der Waals surface area (Å²) in [6.45, 7) is 7.21. The molecule has 0 saturated carbocycles. The Balaban J connectivity index is 1.72. The van der Waals surface area contributed by atoms with Gasteiger partial charge in [-0.3, -0.25) is 9.05 Å². The maximum absolute atomic E-state index is 12.3. The summed E-state index contributed by atoms with van der Waals surface area (Å²) < 4.78 is 12.9. The van der Waals surface area contributed by atoms with Gasteiger partial charge in [0.25, 0.3) is 0 Å². The molecule has 0 bridgehead atoms. The molecular weight excluding hydrogens is 412 g/mol. The van der Waals surface area contributed by atoms with Gasteiger partial charge in [0.2, 0.25) is 11.4 Å². The van der Waals surface area contributed by atoms with Gasteiger partial charge in [-0.05, 0) is 47.6 Å². The monoisotopic (exact) mass is 434 g/mol. The average Bonchev–Trinajstić information content (AvgIpc) is 3.35. The molecule has 2 N–H and O–H groups in total. The van der Waals surface area contributed by atoms with Gasteiger partial charge >= 0.3 is 22.6 Å². The smallest absolute Gasteiger partial charge is 0.282 e. The van der Waals surface area contributed by atoms with Gasteiger partial charge in [0.1, 0.15) is 11.4 Å². The largest absolute Gasteiger partial charge is 0.437 e. The summed E-state index contributed by atoms with van der Waals surface area (Å²) in [6.07, 6.45) is 0. The molecule has 0 amide bonds. The third-order valence-corrected chi connectivity index (χ3v) is 4.91. The van der Waals surface area contributed by atoms with Crippen LogP contribution in [0, 0.1) is 13.8 Å². The first-order chi connectivity index (χ1) is 15.3. The Bertz CT molecular complexity index is 1320. The lowest BCUT2D eigenvalue weighted by molar-refractivity contribution is -0.671. The van der Waals surface area contributed by atoms with Crippen molar-refractivity contribution in [2.75, 3.05) is 0 Å². The predicted molar refractivity (Wildman–Crippen MR) is 116 cm³/mol. The molecule has 0 atom stereocenters. The van der Waals surface area contributed by atoms with Crippen molar-refractivity contribution in [3.63, 3.8) is 0 Å². The first-order valence-corrected chi connectivity index (χ1v) is 9.86. The van der Waals surface area contributed by atoms with Crippen LogP contribution in [-0.2, 0) is 0 Å². The topological polar surface area (TPSA) is 124 Å². The van der Waals surface area contributed by atoms with E-state index in [4.69, 9.17) is 9.05 Å². The SMILES string of the molecule is C/C(=N\N=C(/C)c1c(=O)o[nH][n+]1-c1ccc(C)cc1)c1c(=O)o[nH][n+]1-c1ccc(C)cc1. The number of rotatable bonds is 5. The van der Waals surface area contributed by atoms with Gasteiger partial charge in [-0.15, -0.1) is 10.2 Å². The van der Waals surface area contributed by atoms with Gasteiger partial charge in [-0.1, -0.05) is 35.4 Å². The zero-order valence-electron chi connectivity index (χ0n) is 18.0. The van der Waals surface area contributed by atoms with Crippen molar-refractivity contribution in [3.05, 3.63) is 91.9 Å². The second kappa shape index (κ2) is 8.42. The fourth-order valence-electron chi connectivity index (χ4n) is 3.16. The maximum Gasteiger partial charge on any atom is 0.437 e. The minimum atomic E-state index is -0.587. The Morgan fingerprint density at radius 1 is 0.688 bits per heavy atom.